The van der Waals surface area contributed by atoms with Crippen LogP contribution in [0.2, 0.25) is 0 Å². The predicted octanol–water partition coefficient (Wildman–Crippen LogP) is 3.85. The normalized spacial score (nSPS) is 13.2. The number of benzene rings is 2. The maximum atomic E-state index is 6.53. The van der Waals surface area contributed by atoms with Gasteiger partial charge in [0, 0.05) is 43.0 Å². The van der Waals surface area contributed by atoms with Crippen molar-refractivity contribution in [2.75, 3.05) is 31.4 Å². The first-order chi connectivity index (χ1) is 15.2. The van der Waals surface area contributed by atoms with Gasteiger partial charge in [0.25, 0.3) is 0 Å². The van der Waals surface area contributed by atoms with Crippen LogP contribution in [0.4, 0.5) is 11.8 Å². The summed E-state index contributed by atoms with van der Waals surface area (Å²) in [6.07, 6.45) is 2.68. The number of methoxy groups -OCH3 is 2. The van der Waals surface area contributed by atoms with Crippen molar-refractivity contribution >= 4 is 22.7 Å². The molecule has 0 fully saturated rings. The minimum absolute atomic E-state index is 0.414. The number of pyridine rings is 1. The third-order valence-corrected chi connectivity index (χ3v) is 5.66. The molecule has 0 amide bonds. The molecule has 2 aromatic carbocycles. The van der Waals surface area contributed by atoms with Gasteiger partial charge in [0.2, 0.25) is 5.95 Å². The van der Waals surface area contributed by atoms with Crippen LogP contribution >= 0.6 is 0 Å². The lowest BCUT2D eigenvalue weighted by Gasteiger charge is -2.28. The summed E-state index contributed by atoms with van der Waals surface area (Å²) < 4.78 is 11.3. The van der Waals surface area contributed by atoms with Crippen molar-refractivity contribution in [1.82, 2.24) is 15.0 Å². The second kappa shape index (κ2) is 7.75. The average Bonchev–Trinajstić information content (AvgIpc) is 2.82. The van der Waals surface area contributed by atoms with E-state index in [2.05, 4.69) is 16.0 Å². The lowest BCUT2D eigenvalue weighted by Crippen LogP contribution is -2.32. The van der Waals surface area contributed by atoms with Crippen molar-refractivity contribution in [1.29, 1.82) is 0 Å². The molecule has 0 atom stereocenters. The Kier molecular flexibility index (Phi) is 4.78. The zero-order chi connectivity index (χ0) is 21.4. The van der Waals surface area contributed by atoms with Gasteiger partial charge in [0.05, 0.1) is 25.1 Å². The van der Waals surface area contributed by atoms with Crippen LogP contribution in [0.25, 0.3) is 22.0 Å². The highest BCUT2D eigenvalue weighted by Crippen LogP contribution is 2.45. The zero-order valence-corrected chi connectivity index (χ0v) is 17.5. The highest BCUT2D eigenvalue weighted by atomic mass is 16.5. The molecule has 156 valence electrons. The number of ether oxygens (including phenoxy) is 2. The molecule has 0 aliphatic carbocycles. The molecule has 2 N–H and O–H groups in total. The zero-order valence-electron chi connectivity index (χ0n) is 17.5. The molecular formula is C24H23N5O2. The number of nitrogen functional groups attached to an aromatic ring is 1. The Morgan fingerprint density at radius 3 is 2.61 bits per heavy atom. The summed E-state index contributed by atoms with van der Waals surface area (Å²) in [5, 5.41) is 0.756. The molecule has 0 spiro atoms. The van der Waals surface area contributed by atoms with Crippen molar-refractivity contribution in [2.24, 2.45) is 0 Å². The minimum atomic E-state index is 0.414. The van der Waals surface area contributed by atoms with Gasteiger partial charge >= 0.3 is 0 Å². The van der Waals surface area contributed by atoms with Gasteiger partial charge in [0.1, 0.15) is 5.82 Å². The highest BCUT2D eigenvalue weighted by molar-refractivity contribution is 6.05. The topological polar surface area (TPSA) is 86.4 Å². The largest absolute Gasteiger partial charge is 0.493 e. The number of aromatic nitrogens is 3. The monoisotopic (exact) mass is 413 g/mol. The van der Waals surface area contributed by atoms with Crippen LogP contribution in [0.1, 0.15) is 11.3 Å². The Balaban J connectivity index is 1.69. The Labute approximate surface area is 180 Å². The standard InChI is InChI=1S/C24H23N5O2/c1-30-19-13-18-21(20(22(19)31-2)15-7-4-3-5-8-15)23(25)28-24(27-18)29-12-10-17-16(14-29)9-6-11-26-17/h3-9,11,13H,10,12,14H2,1-2H3,(H2,25,27,28). The van der Waals surface area contributed by atoms with E-state index < -0.39 is 0 Å². The SMILES string of the molecule is COc1cc2nc(N3CCc4ncccc4C3)nc(N)c2c(-c2ccccc2)c1OC. The molecule has 1 aliphatic heterocycles. The molecule has 7 nitrogen and oxygen atoms in total. The van der Waals surface area contributed by atoms with Crippen molar-refractivity contribution in [3.8, 4) is 22.6 Å². The number of hydrogen-bond donors (Lipinski definition) is 1. The number of nitrogens with two attached hydrogens (primary N) is 1. The van der Waals surface area contributed by atoms with E-state index in [0.717, 1.165) is 40.7 Å². The van der Waals surface area contributed by atoms with Crippen LogP contribution in [0, 0.1) is 0 Å². The van der Waals surface area contributed by atoms with Crippen molar-refractivity contribution < 1.29 is 9.47 Å². The molecule has 0 saturated carbocycles. The Morgan fingerprint density at radius 2 is 1.84 bits per heavy atom. The van der Waals surface area contributed by atoms with E-state index in [-0.39, 0.29) is 0 Å². The second-order valence-electron chi connectivity index (χ2n) is 7.44. The molecule has 0 unspecified atom stereocenters. The Morgan fingerprint density at radius 1 is 1.00 bits per heavy atom. The fourth-order valence-corrected chi connectivity index (χ4v) is 4.18. The van der Waals surface area contributed by atoms with Gasteiger partial charge in [-0.3, -0.25) is 4.98 Å². The van der Waals surface area contributed by atoms with E-state index in [1.807, 2.05) is 48.7 Å². The van der Waals surface area contributed by atoms with E-state index in [9.17, 15) is 0 Å². The lowest BCUT2D eigenvalue weighted by molar-refractivity contribution is 0.357. The van der Waals surface area contributed by atoms with Crippen LogP contribution in [0.15, 0.2) is 54.7 Å². The Bertz CT molecular complexity index is 1260. The summed E-state index contributed by atoms with van der Waals surface area (Å²) in [5.74, 6) is 2.23. The molecule has 0 saturated heterocycles. The summed E-state index contributed by atoms with van der Waals surface area (Å²) >= 11 is 0. The number of nitrogens with zero attached hydrogens (tertiary/aromatic N) is 4. The summed E-state index contributed by atoms with van der Waals surface area (Å²) in [6, 6.07) is 15.9. The molecule has 1 aliphatic rings. The number of anilines is 2. The molecule has 31 heavy (non-hydrogen) atoms. The molecule has 3 heterocycles. The fraction of sp³-hybridized carbons (Fsp3) is 0.208. The van der Waals surface area contributed by atoms with Crippen LogP contribution in [0.3, 0.4) is 0 Å². The quantitative estimate of drug-likeness (QED) is 0.544. The lowest BCUT2D eigenvalue weighted by atomic mass is 9.99. The number of rotatable bonds is 4. The number of hydrogen-bond acceptors (Lipinski definition) is 7. The van der Waals surface area contributed by atoms with Gasteiger partial charge in [-0.15, -0.1) is 0 Å². The fourth-order valence-electron chi connectivity index (χ4n) is 4.18. The van der Waals surface area contributed by atoms with Gasteiger partial charge in [-0.05, 0) is 17.2 Å². The first kappa shape index (κ1) is 19.1. The predicted molar refractivity (Wildman–Crippen MR) is 121 cm³/mol. The average molecular weight is 413 g/mol. The first-order valence-corrected chi connectivity index (χ1v) is 10.1. The van der Waals surface area contributed by atoms with Gasteiger partial charge in [-0.25, -0.2) is 4.98 Å². The van der Waals surface area contributed by atoms with E-state index in [1.165, 1.54) is 5.56 Å². The summed E-state index contributed by atoms with van der Waals surface area (Å²) in [6.45, 7) is 1.49. The molecule has 4 aromatic rings. The van der Waals surface area contributed by atoms with Crippen molar-refractivity contribution in [3.05, 3.63) is 66.0 Å². The van der Waals surface area contributed by atoms with Crippen LogP contribution in [0.5, 0.6) is 11.5 Å². The summed E-state index contributed by atoms with van der Waals surface area (Å²) in [7, 11) is 3.25. The van der Waals surface area contributed by atoms with Gasteiger partial charge in [0.15, 0.2) is 11.5 Å². The minimum Gasteiger partial charge on any atom is -0.493 e. The van der Waals surface area contributed by atoms with Crippen LogP contribution < -0.4 is 20.1 Å². The second-order valence-corrected chi connectivity index (χ2v) is 7.44. The molecule has 0 bridgehead atoms. The van der Waals surface area contributed by atoms with Crippen molar-refractivity contribution in [2.45, 2.75) is 13.0 Å². The smallest absolute Gasteiger partial charge is 0.228 e. The molecule has 0 radical (unpaired) electrons. The number of fused-ring (bicyclic) bond motifs is 2. The third kappa shape index (κ3) is 3.28. The Hall–Kier alpha value is -3.87. The van der Waals surface area contributed by atoms with Crippen LogP contribution in [-0.2, 0) is 13.0 Å². The van der Waals surface area contributed by atoms with E-state index in [0.29, 0.717) is 29.8 Å². The van der Waals surface area contributed by atoms with Crippen LogP contribution in [-0.4, -0.2) is 35.7 Å². The van der Waals surface area contributed by atoms with Crippen molar-refractivity contribution in [3.63, 3.8) is 0 Å². The van der Waals surface area contributed by atoms with E-state index >= 15 is 0 Å². The summed E-state index contributed by atoms with van der Waals surface area (Å²) in [4.78, 5) is 16.2. The molecule has 7 heteroatoms. The summed E-state index contributed by atoms with van der Waals surface area (Å²) in [5.41, 5.74) is 11.4. The first-order valence-electron chi connectivity index (χ1n) is 10.1. The third-order valence-electron chi connectivity index (χ3n) is 5.66. The highest BCUT2D eigenvalue weighted by Gasteiger charge is 2.24. The molecular weight excluding hydrogens is 390 g/mol. The van der Waals surface area contributed by atoms with Gasteiger partial charge in [-0.1, -0.05) is 36.4 Å². The maximum Gasteiger partial charge on any atom is 0.228 e. The maximum absolute atomic E-state index is 6.53. The van der Waals surface area contributed by atoms with Gasteiger partial charge in [-0.2, -0.15) is 4.98 Å². The van der Waals surface area contributed by atoms with Gasteiger partial charge < -0.3 is 20.1 Å². The van der Waals surface area contributed by atoms with E-state index in [4.69, 9.17) is 25.2 Å². The molecule has 2 aromatic heterocycles. The molecule has 5 rings (SSSR count). The van der Waals surface area contributed by atoms with E-state index in [1.54, 1.807) is 14.2 Å².